The van der Waals surface area contributed by atoms with Crippen LogP contribution in [0.5, 0.6) is 11.5 Å². The third-order valence-electron chi connectivity index (χ3n) is 2.54. The summed E-state index contributed by atoms with van der Waals surface area (Å²) in [4.78, 5) is 0. The quantitative estimate of drug-likeness (QED) is 0.896. The van der Waals surface area contributed by atoms with Gasteiger partial charge in [-0.25, -0.2) is 0 Å². The maximum Gasteiger partial charge on any atom is 0.130 e. The van der Waals surface area contributed by atoms with Crippen LogP contribution in [0, 0.1) is 6.92 Å². The van der Waals surface area contributed by atoms with Crippen molar-refractivity contribution in [3.63, 3.8) is 0 Å². The monoisotopic (exact) mass is 281 g/mol. The Labute approximate surface area is 116 Å². The van der Waals surface area contributed by atoms with Gasteiger partial charge in [0.15, 0.2) is 0 Å². The van der Waals surface area contributed by atoms with Gasteiger partial charge in [0, 0.05) is 16.6 Å². The van der Waals surface area contributed by atoms with Crippen molar-refractivity contribution in [1.82, 2.24) is 0 Å². The van der Waals surface area contributed by atoms with E-state index in [1.54, 1.807) is 18.2 Å². The molecule has 0 aliphatic heterocycles. The molecule has 0 aromatic heterocycles. The fourth-order valence-corrected chi connectivity index (χ4v) is 2.17. The molecule has 2 aromatic rings. The molecule has 0 radical (unpaired) electrons. The van der Waals surface area contributed by atoms with Crippen LogP contribution in [0.2, 0.25) is 10.0 Å². The summed E-state index contributed by atoms with van der Waals surface area (Å²) in [7, 11) is 0. The van der Waals surface area contributed by atoms with E-state index in [-0.39, 0.29) is 0 Å². The van der Waals surface area contributed by atoms with Gasteiger partial charge in [0.2, 0.25) is 0 Å². The van der Waals surface area contributed by atoms with Crippen LogP contribution in [0.1, 0.15) is 11.1 Å². The molecule has 0 aliphatic rings. The van der Waals surface area contributed by atoms with Gasteiger partial charge in [-0.1, -0.05) is 35.3 Å². The molecule has 0 fully saturated rings. The first-order chi connectivity index (χ1) is 8.58. The Morgan fingerprint density at radius 3 is 2.28 bits per heavy atom. The van der Waals surface area contributed by atoms with Gasteiger partial charge in [-0.05, 0) is 42.3 Å². The number of benzene rings is 2. The van der Waals surface area contributed by atoms with Gasteiger partial charge in [0.25, 0.3) is 0 Å². The van der Waals surface area contributed by atoms with Crippen LogP contribution in [0.4, 0.5) is 0 Å². The molecule has 0 heterocycles. The number of hydrogen-bond acceptors (Lipinski definition) is 2. The lowest BCUT2D eigenvalue weighted by Crippen LogP contribution is -1.97. The number of halogens is 2. The summed E-state index contributed by atoms with van der Waals surface area (Å²) >= 11 is 11.8. The van der Waals surface area contributed by atoms with E-state index in [0.717, 1.165) is 16.9 Å². The van der Waals surface area contributed by atoms with Crippen molar-refractivity contribution in [2.45, 2.75) is 13.5 Å². The Hall–Kier alpha value is -1.22. The highest BCUT2D eigenvalue weighted by Gasteiger charge is 2.04. The third kappa shape index (κ3) is 3.16. The number of ether oxygens (including phenoxy) is 1. The molecule has 0 atom stereocenters. The van der Waals surface area contributed by atoms with Crippen molar-refractivity contribution < 1.29 is 4.74 Å². The largest absolute Gasteiger partial charge is 0.457 e. The minimum atomic E-state index is 0.518. The van der Waals surface area contributed by atoms with Crippen LogP contribution < -0.4 is 10.5 Å². The second-order valence-electron chi connectivity index (χ2n) is 4.01. The molecular formula is C14H13Cl2NO. The average Bonchev–Trinajstić information content (AvgIpc) is 2.30. The molecule has 4 heteroatoms. The zero-order chi connectivity index (χ0) is 13.1. The zero-order valence-electron chi connectivity index (χ0n) is 9.91. The normalized spacial score (nSPS) is 10.4. The van der Waals surface area contributed by atoms with E-state index in [0.29, 0.717) is 22.3 Å². The smallest absolute Gasteiger partial charge is 0.130 e. The molecule has 0 amide bonds. The summed E-state index contributed by atoms with van der Waals surface area (Å²) in [5.74, 6) is 1.39. The van der Waals surface area contributed by atoms with Gasteiger partial charge in [-0.2, -0.15) is 0 Å². The summed E-state index contributed by atoms with van der Waals surface area (Å²) in [6.45, 7) is 2.49. The van der Waals surface area contributed by atoms with Crippen molar-refractivity contribution in [3.8, 4) is 11.5 Å². The average molecular weight is 282 g/mol. The lowest BCUT2D eigenvalue weighted by molar-refractivity contribution is 0.479. The van der Waals surface area contributed by atoms with Crippen LogP contribution in [-0.4, -0.2) is 0 Å². The maximum absolute atomic E-state index is 5.92. The topological polar surface area (TPSA) is 35.2 Å². The van der Waals surface area contributed by atoms with Crippen LogP contribution in [0.25, 0.3) is 0 Å². The first-order valence-electron chi connectivity index (χ1n) is 5.52. The molecule has 0 bridgehead atoms. The predicted octanol–water partition coefficient (Wildman–Crippen LogP) is 4.55. The van der Waals surface area contributed by atoms with E-state index in [1.807, 2.05) is 25.1 Å². The maximum atomic E-state index is 5.92. The van der Waals surface area contributed by atoms with Crippen molar-refractivity contribution in [2.75, 3.05) is 0 Å². The molecule has 0 saturated carbocycles. The summed E-state index contributed by atoms with van der Waals surface area (Å²) < 4.78 is 5.76. The van der Waals surface area contributed by atoms with E-state index in [9.17, 15) is 0 Å². The van der Waals surface area contributed by atoms with Crippen LogP contribution >= 0.6 is 23.2 Å². The van der Waals surface area contributed by atoms with E-state index in [2.05, 4.69) is 0 Å². The first-order valence-corrected chi connectivity index (χ1v) is 6.27. The molecule has 2 aromatic carbocycles. The molecule has 0 saturated heterocycles. The number of nitrogens with two attached hydrogens (primary N) is 1. The van der Waals surface area contributed by atoms with E-state index in [1.165, 1.54) is 0 Å². The molecule has 18 heavy (non-hydrogen) atoms. The predicted molar refractivity (Wildman–Crippen MR) is 75.6 cm³/mol. The molecule has 0 unspecified atom stereocenters. The van der Waals surface area contributed by atoms with E-state index >= 15 is 0 Å². The Bertz CT molecular complexity index is 549. The fourth-order valence-electron chi connectivity index (χ4n) is 1.67. The fraction of sp³-hybridized carbons (Fsp3) is 0.143. The highest BCUT2D eigenvalue weighted by atomic mass is 35.5. The van der Waals surface area contributed by atoms with Crippen LogP contribution in [0.3, 0.4) is 0 Å². The lowest BCUT2D eigenvalue weighted by atomic mass is 10.1. The van der Waals surface area contributed by atoms with E-state index in [4.69, 9.17) is 33.7 Å². The molecular weight excluding hydrogens is 269 g/mol. The molecule has 0 aliphatic carbocycles. The number of hydrogen-bond donors (Lipinski definition) is 1. The number of aryl methyl sites for hydroxylation is 1. The first kappa shape index (κ1) is 13.2. The SMILES string of the molecule is Cc1cc(CN)ccc1Oc1cc(Cl)cc(Cl)c1. The second-order valence-corrected chi connectivity index (χ2v) is 4.88. The molecule has 94 valence electrons. The molecule has 2 N–H and O–H groups in total. The second kappa shape index (κ2) is 5.61. The summed E-state index contributed by atoms with van der Waals surface area (Å²) in [5, 5.41) is 1.10. The van der Waals surface area contributed by atoms with Crippen molar-refractivity contribution in [1.29, 1.82) is 0 Å². The van der Waals surface area contributed by atoms with Crippen LogP contribution in [-0.2, 0) is 6.54 Å². The Morgan fingerprint density at radius 2 is 1.72 bits per heavy atom. The summed E-state index contributed by atoms with van der Waals surface area (Å²) in [5.41, 5.74) is 7.68. The molecule has 2 nitrogen and oxygen atoms in total. The van der Waals surface area contributed by atoms with Gasteiger partial charge in [-0.15, -0.1) is 0 Å². The van der Waals surface area contributed by atoms with Gasteiger partial charge < -0.3 is 10.5 Å². The standard InChI is InChI=1S/C14H13Cl2NO/c1-9-4-10(8-17)2-3-14(9)18-13-6-11(15)5-12(16)7-13/h2-7H,8,17H2,1H3. The highest BCUT2D eigenvalue weighted by molar-refractivity contribution is 6.34. The molecule has 0 spiro atoms. The Morgan fingerprint density at radius 1 is 1.06 bits per heavy atom. The highest BCUT2D eigenvalue weighted by Crippen LogP contribution is 2.30. The summed E-state index contributed by atoms with van der Waals surface area (Å²) in [6, 6.07) is 11.0. The van der Waals surface area contributed by atoms with Crippen molar-refractivity contribution in [3.05, 3.63) is 57.6 Å². The van der Waals surface area contributed by atoms with Gasteiger partial charge in [-0.3, -0.25) is 0 Å². The molecule has 2 rings (SSSR count). The van der Waals surface area contributed by atoms with E-state index < -0.39 is 0 Å². The zero-order valence-corrected chi connectivity index (χ0v) is 11.4. The Balaban J connectivity index is 2.28. The van der Waals surface area contributed by atoms with Crippen molar-refractivity contribution >= 4 is 23.2 Å². The van der Waals surface area contributed by atoms with Crippen molar-refractivity contribution in [2.24, 2.45) is 5.73 Å². The Kier molecular flexibility index (Phi) is 4.12. The van der Waals surface area contributed by atoms with Gasteiger partial charge in [0.1, 0.15) is 11.5 Å². The summed E-state index contributed by atoms with van der Waals surface area (Å²) in [6.07, 6.45) is 0. The van der Waals surface area contributed by atoms with Gasteiger partial charge >= 0.3 is 0 Å². The minimum Gasteiger partial charge on any atom is -0.457 e. The van der Waals surface area contributed by atoms with Crippen LogP contribution in [0.15, 0.2) is 36.4 Å². The minimum absolute atomic E-state index is 0.518. The lowest BCUT2D eigenvalue weighted by Gasteiger charge is -2.10. The number of rotatable bonds is 3. The van der Waals surface area contributed by atoms with Gasteiger partial charge in [0.05, 0.1) is 0 Å². The third-order valence-corrected chi connectivity index (χ3v) is 2.98.